The number of aliphatic hydroxyl groups is 1. The van der Waals surface area contributed by atoms with Crippen molar-refractivity contribution in [2.75, 3.05) is 59.7 Å². The van der Waals surface area contributed by atoms with E-state index in [1.54, 1.807) is 0 Å². The average Bonchev–Trinajstić information content (AvgIpc) is 2.37. The Morgan fingerprint density at radius 1 is 0.850 bits per heavy atom. The average molecular weight is 290 g/mol. The number of ether oxygens (including phenoxy) is 2. The summed E-state index contributed by atoms with van der Waals surface area (Å²) >= 11 is 0. The molecule has 0 aromatic rings. The number of hydrogen-bond donors (Lipinski definition) is 3. The zero-order valence-electron chi connectivity index (χ0n) is 13.9. The van der Waals surface area contributed by atoms with E-state index >= 15 is 0 Å². The van der Waals surface area contributed by atoms with Crippen LogP contribution in [0, 0.1) is 10.8 Å². The first-order valence-corrected chi connectivity index (χ1v) is 7.45. The number of aliphatic hydroxyl groups excluding tert-OH is 1. The van der Waals surface area contributed by atoms with Crippen molar-refractivity contribution in [3.63, 3.8) is 0 Å². The molecule has 0 atom stereocenters. The molecule has 0 fully saturated rings. The van der Waals surface area contributed by atoms with Crippen LogP contribution in [0.4, 0.5) is 0 Å². The van der Waals surface area contributed by atoms with E-state index in [0.29, 0.717) is 19.8 Å². The minimum Gasteiger partial charge on any atom is -0.396 e. The number of rotatable bonds is 13. The molecular formula is C15H34N2O3. The van der Waals surface area contributed by atoms with E-state index < -0.39 is 0 Å². The fraction of sp³-hybridized carbons (Fsp3) is 1.00. The van der Waals surface area contributed by atoms with E-state index in [1.807, 2.05) is 20.9 Å². The standard InChI is InChI=1S/C15H34N2O3/c1-14(2,10-18)11-20-13-15(3,4)12-19-9-8-17-7-6-16-5/h16-18H,6-13H2,1-5H3. The van der Waals surface area contributed by atoms with E-state index in [2.05, 4.69) is 24.5 Å². The Morgan fingerprint density at radius 3 is 2.05 bits per heavy atom. The second-order valence-corrected chi connectivity index (χ2v) is 6.89. The lowest BCUT2D eigenvalue weighted by Gasteiger charge is -2.27. The third-order valence-corrected chi connectivity index (χ3v) is 2.88. The highest BCUT2D eigenvalue weighted by Gasteiger charge is 2.22. The van der Waals surface area contributed by atoms with Gasteiger partial charge in [-0.3, -0.25) is 0 Å². The van der Waals surface area contributed by atoms with Gasteiger partial charge in [-0.05, 0) is 7.05 Å². The predicted molar refractivity (Wildman–Crippen MR) is 83.1 cm³/mol. The Morgan fingerprint density at radius 2 is 1.45 bits per heavy atom. The second kappa shape index (κ2) is 10.5. The van der Waals surface area contributed by atoms with Crippen LogP contribution in [0.3, 0.4) is 0 Å². The molecule has 0 aliphatic rings. The summed E-state index contributed by atoms with van der Waals surface area (Å²) in [6.45, 7) is 13.8. The predicted octanol–water partition coefficient (Wildman–Crippen LogP) is 0.873. The molecule has 0 heterocycles. The van der Waals surface area contributed by atoms with E-state index in [9.17, 15) is 0 Å². The molecule has 0 unspecified atom stereocenters. The van der Waals surface area contributed by atoms with Gasteiger partial charge >= 0.3 is 0 Å². The molecule has 0 saturated carbocycles. The van der Waals surface area contributed by atoms with Crippen LogP contribution >= 0.6 is 0 Å². The fourth-order valence-corrected chi connectivity index (χ4v) is 1.52. The lowest BCUT2D eigenvalue weighted by Crippen LogP contribution is -2.32. The maximum absolute atomic E-state index is 9.17. The van der Waals surface area contributed by atoms with Gasteiger partial charge in [-0.1, -0.05) is 27.7 Å². The van der Waals surface area contributed by atoms with Crippen LogP contribution in [0.15, 0.2) is 0 Å². The molecule has 0 radical (unpaired) electrons. The van der Waals surface area contributed by atoms with Gasteiger partial charge in [0.25, 0.3) is 0 Å². The van der Waals surface area contributed by atoms with E-state index in [1.165, 1.54) is 0 Å². The lowest BCUT2D eigenvalue weighted by molar-refractivity contribution is -0.0348. The molecule has 20 heavy (non-hydrogen) atoms. The van der Waals surface area contributed by atoms with Crippen LogP contribution in [-0.4, -0.2) is 64.8 Å². The SMILES string of the molecule is CNCCNCCOCC(C)(C)COCC(C)(C)CO. The fourth-order valence-electron chi connectivity index (χ4n) is 1.52. The van der Waals surface area contributed by atoms with Gasteiger partial charge in [-0.15, -0.1) is 0 Å². The first-order chi connectivity index (χ1) is 9.33. The number of hydrogen-bond acceptors (Lipinski definition) is 5. The van der Waals surface area contributed by atoms with Crippen molar-refractivity contribution in [1.82, 2.24) is 10.6 Å². The van der Waals surface area contributed by atoms with Gasteiger partial charge in [-0.2, -0.15) is 0 Å². The van der Waals surface area contributed by atoms with Crippen LogP contribution in [0.5, 0.6) is 0 Å². The molecule has 0 saturated heterocycles. The molecule has 0 rings (SSSR count). The van der Waals surface area contributed by atoms with Crippen LogP contribution in [0.25, 0.3) is 0 Å². The molecule has 0 aromatic heterocycles. The normalized spacial score (nSPS) is 12.9. The van der Waals surface area contributed by atoms with E-state index in [4.69, 9.17) is 14.6 Å². The summed E-state index contributed by atoms with van der Waals surface area (Å²) in [6, 6.07) is 0. The molecule has 0 spiro atoms. The first-order valence-electron chi connectivity index (χ1n) is 7.45. The van der Waals surface area contributed by atoms with Crippen molar-refractivity contribution in [3.05, 3.63) is 0 Å². The van der Waals surface area contributed by atoms with Crippen LogP contribution in [-0.2, 0) is 9.47 Å². The van der Waals surface area contributed by atoms with Crippen molar-refractivity contribution in [3.8, 4) is 0 Å². The Kier molecular flexibility index (Phi) is 10.4. The largest absolute Gasteiger partial charge is 0.396 e. The summed E-state index contributed by atoms with van der Waals surface area (Å²) in [7, 11) is 1.94. The van der Waals surface area contributed by atoms with Crippen LogP contribution in [0.2, 0.25) is 0 Å². The van der Waals surface area contributed by atoms with Crippen molar-refractivity contribution in [2.45, 2.75) is 27.7 Å². The molecule has 0 aliphatic carbocycles. The molecule has 0 bridgehead atoms. The minimum absolute atomic E-state index is 0.00346. The van der Waals surface area contributed by atoms with E-state index in [0.717, 1.165) is 26.2 Å². The Labute approximate surface area is 124 Å². The monoisotopic (exact) mass is 290 g/mol. The summed E-state index contributed by atoms with van der Waals surface area (Å²) in [4.78, 5) is 0. The summed E-state index contributed by atoms with van der Waals surface area (Å²) < 4.78 is 11.4. The van der Waals surface area contributed by atoms with Gasteiger partial charge in [0.2, 0.25) is 0 Å². The van der Waals surface area contributed by atoms with Gasteiger partial charge in [0.1, 0.15) is 0 Å². The van der Waals surface area contributed by atoms with Crippen molar-refractivity contribution < 1.29 is 14.6 Å². The quantitative estimate of drug-likeness (QED) is 0.439. The maximum Gasteiger partial charge on any atom is 0.0591 e. The number of nitrogens with one attached hydrogen (secondary N) is 2. The highest BCUT2D eigenvalue weighted by molar-refractivity contribution is 4.70. The van der Waals surface area contributed by atoms with E-state index in [-0.39, 0.29) is 17.4 Å². The van der Waals surface area contributed by atoms with Crippen molar-refractivity contribution in [2.24, 2.45) is 10.8 Å². The molecule has 0 aromatic carbocycles. The van der Waals surface area contributed by atoms with Gasteiger partial charge in [0, 0.05) is 30.5 Å². The van der Waals surface area contributed by atoms with Gasteiger partial charge < -0.3 is 25.2 Å². The zero-order chi connectivity index (χ0) is 15.5. The Bertz CT molecular complexity index is 233. The molecular weight excluding hydrogens is 256 g/mol. The summed E-state index contributed by atoms with van der Waals surface area (Å²) in [5, 5.41) is 15.6. The third kappa shape index (κ3) is 11.6. The summed E-state index contributed by atoms with van der Waals surface area (Å²) in [6.07, 6.45) is 0. The summed E-state index contributed by atoms with van der Waals surface area (Å²) in [5.41, 5.74) is -0.176. The van der Waals surface area contributed by atoms with Crippen molar-refractivity contribution in [1.29, 1.82) is 0 Å². The second-order valence-electron chi connectivity index (χ2n) is 6.89. The van der Waals surface area contributed by atoms with Crippen molar-refractivity contribution >= 4 is 0 Å². The Hall–Kier alpha value is -0.200. The molecule has 0 aliphatic heterocycles. The van der Waals surface area contributed by atoms with Crippen LogP contribution < -0.4 is 10.6 Å². The van der Waals surface area contributed by atoms with Gasteiger partial charge in [0.05, 0.1) is 33.0 Å². The topological polar surface area (TPSA) is 62.8 Å². The molecule has 5 nitrogen and oxygen atoms in total. The number of likely N-dealkylation sites (N-methyl/N-ethyl adjacent to an activating group) is 1. The molecule has 0 amide bonds. The molecule has 3 N–H and O–H groups in total. The summed E-state index contributed by atoms with van der Waals surface area (Å²) in [5.74, 6) is 0. The maximum atomic E-state index is 9.17. The molecule has 5 heteroatoms. The lowest BCUT2D eigenvalue weighted by atomic mass is 9.94. The van der Waals surface area contributed by atoms with Crippen LogP contribution in [0.1, 0.15) is 27.7 Å². The zero-order valence-corrected chi connectivity index (χ0v) is 13.9. The highest BCUT2D eigenvalue weighted by atomic mass is 16.5. The minimum atomic E-state index is -0.172. The third-order valence-electron chi connectivity index (χ3n) is 2.88. The first kappa shape index (κ1) is 19.8. The Balaban J connectivity index is 3.59. The highest BCUT2D eigenvalue weighted by Crippen LogP contribution is 2.19. The smallest absolute Gasteiger partial charge is 0.0591 e. The molecule has 122 valence electrons. The van der Waals surface area contributed by atoms with Gasteiger partial charge in [-0.25, -0.2) is 0 Å². The van der Waals surface area contributed by atoms with Gasteiger partial charge in [0.15, 0.2) is 0 Å².